The molecule has 2 amide bonds. The average Bonchev–Trinajstić information content (AvgIpc) is 3.86. The van der Waals surface area contributed by atoms with Crippen LogP contribution in [0, 0.1) is 0 Å². The molecule has 2 fully saturated rings. The summed E-state index contributed by atoms with van der Waals surface area (Å²) in [5.41, 5.74) is 4.00. The molecule has 5 rings (SSSR count). The Morgan fingerprint density at radius 3 is 2.50 bits per heavy atom. The topological polar surface area (TPSA) is 91.0 Å². The lowest BCUT2D eigenvalue weighted by Crippen LogP contribution is -2.61. The quantitative estimate of drug-likeness (QED) is 0.242. The molecule has 1 saturated carbocycles. The number of hydrogen-bond donors (Lipinski definition) is 2. The molecule has 2 aliphatic rings. The minimum Gasteiger partial charge on any atom is -0.457 e. The van der Waals surface area contributed by atoms with Gasteiger partial charge in [-0.15, -0.1) is 0 Å². The van der Waals surface area contributed by atoms with Crippen molar-refractivity contribution in [2.75, 3.05) is 31.1 Å². The summed E-state index contributed by atoms with van der Waals surface area (Å²) < 4.78 is 5.44. The number of nitrogens with zero attached hydrogens (tertiary/aromatic N) is 2. The minimum atomic E-state index is -0.677. The van der Waals surface area contributed by atoms with Crippen LogP contribution in [0.5, 0.6) is 0 Å². The molecule has 1 saturated heterocycles. The molecule has 2 N–H and O–H groups in total. The molecule has 1 aliphatic carbocycles. The van der Waals surface area contributed by atoms with Gasteiger partial charge in [0.15, 0.2) is 0 Å². The second-order valence-corrected chi connectivity index (χ2v) is 11.2. The summed E-state index contributed by atoms with van der Waals surface area (Å²) in [7, 11) is 0. The van der Waals surface area contributed by atoms with Crippen LogP contribution in [0.15, 0.2) is 72.8 Å². The number of esters is 1. The number of carbonyl (C=O) groups excluding carboxylic acids is 3. The number of rotatable bonds is 12. The van der Waals surface area contributed by atoms with Gasteiger partial charge in [-0.2, -0.15) is 0 Å². The van der Waals surface area contributed by atoms with Crippen molar-refractivity contribution in [1.29, 1.82) is 0 Å². The van der Waals surface area contributed by atoms with Crippen molar-refractivity contribution in [3.63, 3.8) is 0 Å². The van der Waals surface area contributed by atoms with Gasteiger partial charge in [-0.25, -0.2) is 4.79 Å². The molecule has 3 aromatic carbocycles. The molecule has 3 aromatic rings. The summed E-state index contributed by atoms with van der Waals surface area (Å²) in [5.74, 6) is -0.652. The molecule has 0 radical (unpaired) electrons. The number of carbonyl (C=O) groups is 3. The van der Waals surface area contributed by atoms with E-state index in [9.17, 15) is 14.4 Å². The highest BCUT2D eigenvalue weighted by molar-refractivity contribution is 6.31. The molecular formula is C33H37ClN4O4. The third-order valence-electron chi connectivity index (χ3n) is 7.64. The molecule has 1 heterocycles. The van der Waals surface area contributed by atoms with Crippen molar-refractivity contribution in [1.82, 2.24) is 15.5 Å². The lowest BCUT2D eigenvalue weighted by atomic mass is 10.1. The first-order chi connectivity index (χ1) is 20.4. The first-order valence-corrected chi connectivity index (χ1v) is 14.9. The van der Waals surface area contributed by atoms with Gasteiger partial charge in [0, 0.05) is 29.8 Å². The third-order valence-corrected chi connectivity index (χ3v) is 8.00. The molecule has 42 heavy (non-hydrogen) atoms. The highest BCUT2D eigenvalue weighted by atomic mass is 35.5. The van der Waals surface area contributed by atoms with E-state index in [1.807, 2.05) is 35.2 Å². The lowest BCUT2D eigenvalue weighted by Gasteiger charge is -2.38. The molecule has 0 bridgehead atoms. The molecule has 0 unspecified atom stereocenters. The average molecular weight is 589 g/mol. The number of anilines is 1. The normalized spacial score (nSPS) is 16.8. The fraction of sp³-hybridized carbons (Fsp3) is 0.364. The van der Waals surface area contributed by atoms with E-state index in [0.29, 0.717) is 29.4 Å². The molecule has 0 spiro atoms. The number of nitrogens with one attached hydrogen (secondary N) is 2. The van der Waals surface area contributed by atoms with Crippen molar-refractivity contribution in [3.05, 3.63) is 100 Å². The van der Waals surface area contributed by atoms with Crippen LogP contribution in [0.4, 0.5) is 5.69 Å². The molecule has 9 heteroatoms. The van der Waals surface area contributed by atoms with Crippen LogP contribution >= 0.6 is 11.6 Å². The Bertz CT molecular complexity index is 1390. The van der Waals surface area contributed by atoms with Gasteiger partial charge in [0.25, 0.3) is 0 Å². The zero-order chi connectivity index (χ0) is 29.5. The van der Waals surface area contributed by atoms with Gasteiger partial charge in [-0.3, -0.25) is 14.5 Å². The van der Waals surface area contributed by atoms with E-state index in [0.717, 1.165) is 43.5 Å². The number of amides is 2. The minimum absolute atomic E-state index is 0.0898. The number of halogens is 1. The van der Waals surface area contributed by atoms with Crippen molar-refractivity contribution in [3.8, 4) is 0 Å². The second-order valence-electron chi connectivity index (χ2n) is 10.7. The van der Waals surface area contributed by atoms with Crippen LogP contribution in [0.2, 0.25) is 5.02 Å². The van der Waals surface area contributed by atoms with Gasteiger partial charge in [0.05, 0.1) is 12.1 Å². The molecule has 0 aromatic heterocycles. The van der Waals surface area contributed by atoms with Gasteiger partial charge in [-0.1, -0.05) is 61.0 Å². The fourth-order valence-electron chi connectivity index (χ4n) is 5.21. The van der Waals surface area contributed by atoms with Crippen LogP contribution in [0.3, 0.4) is 0 Å². The van der Waals surface area contributed by atoms with E-state index >= 15 is 0 Å². The van der Waals surface area contributed by atoms with Gasteiger partial charge >= 0.3 is 5.97 Å². The fourth-order valence-corrected chi connectivity index (χ4v) is 5.39. The number of ether oxygens (including phenoxy) is 1. The van der Waals surface area contributed by atoms with Crippen molar-refractivity contribution < 1.29 is 19.1 Å². The van der Waals surface area contributed by atoms with Gasteiger partial charge in [-0.05, 0) is 79.4 Å². The van der Waals surface area contributed by atoms with Crippen molar-refractivity contribution in [2.24, 2.45) is 0 Å². The maximum absolute atomic E-state index is 14.1. The van der Waals surface area contributed by atoms with E-state index in [2.05, 4.69) is 23.6 Å². The van der Waals surface area contributed by atoms with Crippen LogP contribution in [0.1, 0.15) is 46.8 Å². The Morgan fingerprint density at radius 1 is 1.05 bits per heavy atom. The van der Waals surface area contributed by atoms with E-state index in [-0.39, 0.29) is 31.0 Å². The Hall–Kier alpha value is -3.72. The highest BCUT2D eigenvalue weighted by Gasteiger charge is 2.41. The monoisotopic (exact) mass is 588 g/mol. The number of likely N-dealkylation sites (N-methyl/N-ethyl adjacent to an activating group) is 1. The highest BCUT2D eigenvalue weighted by Crippen LogP contribution is 2.32. The van der Waals surface area contributed by atoms with Crippen LogP contribution in [0.25, 0.3) is 0 Å². The van der Waals surface area contributed by atoms with Crippen LogP contribution in [-0.4, -0.2) is 60.9 Å². The SMILES string of the molecule is CCNCCc1ccc(Cl)c(CN(C(=O)[C@H]2CNCC(=O)N2c2ccc(COC(=O)c3ccccc3)cc2)C2CC2)c1. The number of hydrogen-bond acceptors (Lipinski definition) is 6. The summed E-state index contributed by atoms with van der Waals surface area (Å²) in [4.78, 5) is 43.0. The Labute approximate surface area is 252 Å². The Balaban J connectivity index is 1.29. The van der Waals surface area contributed by atoms with E-state index in [1.165, 1.54) is 5.56 Å². The molecule has 1 aliphatic heterocycles. The van der Waals surface area contributed by atoms with Gasteiger partial charge in [0.1, 0.15) is 12.6 Å². The summed E-state index contributed by atoms with van der Waals surface area (Å²) >= 11 is 6.60. The van der Waals surface area contributed by atoms with Crippen molar-refractivity contribution >= 4 is 35.1 Å². The maximum atomic E-state index is 14.1. The lowest BCUT2D eigenvalue weighted by molar-refractivity contribution is -0.136. The molecular weight excluding hydrogens is 552 g/mol. The predicted octanol–water partition coefficient (Wildman–Crippen LogP) is 4.35. The first-order valence-electron chi connectivity index (χ1n) is 14.6. The second kappa shape index (κ2) is 14.0. The smallest absolute Gasteiger partial charge is 0.338 e. The van der Waals surface area contributed by atoms with Gasteiger partial charge < -0.3 is 20.3 Å². The van der Waals surface area contributed by atoms with E-state index < -0.39 is 12.0 Å². The van der Waals surface area contributed by atoms with Gasteiger partial charge in [0.2, 0.25) is 11.8 Å². The number of benzene rings is 3. The standard InChI is InChI=1S/C33H37ClN4O4/c1-2-35-17-16-23-10-15-29(34)26(18-23)21-37(27-13-14-27)32(40)30-19-36-20-31(39)38(30)28-11-8-24(9-12-28)22-42-33(41)25-6-4-3-5-7-25/h3-12,15,18,27,30,35-36H,2,13-14,16-17,19-22H2,1H3/t30-/m1/s1. The molecule has 1 atom stereocenters. The van der Waals surface area contributed by atoms with E-state index in [1.54, 1.807) is 41.3 Å². The Kier molecular flexibility index (Phi) is 9.89. The third kappa shape index (κ3) is 7.37. The summed E-state index contributed by atoms with van der Waals surface area (Å²) in [6.07, 6.45) is 2.76. The maximum Gasteiger partial charge on any atom is 0.338 e. The van der Waals surface area contributed by atoms with Crippen LogP contribution in [-0.2, 0) is 33.9 Å². The molecule has 8 nitrogen and oxygen atoms in total. The summed E-state index contributed by atoms with van der Waals surface area (Å²) in [5, 5.41) is 7.10. The first kappa shape index (κ1) is 29.8. The molecule has 220 valence electrons. The van der Waals surface area contributed by atoms with E-state index in [4.69, 9.17) is 16.3 Å². The van der Waals surface area contributed by atoms with Crippen LogP contribution < -0.4 is 15.5 Å². The summed E-state index contributed by atoms with van der Waals surface area (Å²) in [6, 6.07) is 21.6. The summed E-state index contributed by atoms with van der Waals surface area (Å²) in [6.45, 7) is 4.90. The number of piperazine rings is 1. The zero-order valence-corrected chi connectivity index (χ0v) is 24.6. The zero-order valence-electron chi connectivity index (χ0n) is 23.9. The Morgan fingerprint density at radius 2 is 1.79 bits per heavy atom. The largest absolute Gasteiger partial charge is 0.457 e. The predicted molar refractivity (Wildman–Crippen MR) is 163 cm³/mol. The van der Waals surface area contributed by atoms with Crippen molar-refractivity contribution in [2.45, 2.75) is 51.4 Å².